The number of carbonyl (C=O) groups is 2. The molecule has 1 fully saturated rings. The zero-order valence-corrected chi connectivity index (χ0v) is 57.3. The van der Waals surface area contributed by atoms with Crippen LogP contribution in [0, 0.1) is 0 Å². The minimum atomic E-state index is -1.62. The number of hydrogen-bond donors (Lipinski definition) is 6. The SMILES string of the molecule is CC/C=C\C/C=C\C/C=C\C/C=C\C/C=C\CCCCCCCCCCCC(=O)OC1C(OCC(NC(=O)C(O)CCCCCCCCCCCCCC/C=C\C/C=C\CCCCC)C(O)/C=C/CCCCCCCCCCCCC)OC(CO)C(O)C1O. The number of nitrogens with one attached hydrogen (secondary N) is 1. The number of allylic oxidation sites excluding steroid dienone is 15. The maximum absolute atomic E-state index is 13.5. The Morgan fingerprint density at radius 3 is 1.24 bits per heavy atom. The summed E-state index contributed by atoms with van der Waals surface area (Å²) in [4.78, 5) is 26.7. The first-order chi connectivity index (χ1) is 43.7. The van der Waals surface area contributed by atoms with E-state index in [2.05, 4.69) is 111 Å². The number of unbranched alkanes of at least 4 members (excludes halogenated alkanes) is 35. The number of carbonyl (C=O) groups excluding carboxylic acids is 2. The van der Waals surface area contributed by atoms with E-state index in [0.29, 0.717) is 12.8 Å². The van der Waals surface area contributed by atoms with E-state index < -0.39 is 67.4 Å². The van der Waals surface area contributed by atoms with Gasteiger partial charge >= 0.3 is 5.97 Å². The molecule has 0 saturated carbocycles. The Morgan fingerprint density at radius 2 is 0.809 bits per heavy atom. The minimum absolute atomic E-state index is 0.113. The van der Waals surface area contributed by atoms with Crippen molar-refractivity contribution in [3.8, 4) is 0 Å². The molecular weight excluding hydrogens is 1110 g/mol. The predicted molar refractivity (Wildman–Crippen MR) is 375 cm³/mol. The van der Waals surface area contributed by atoms with Crippen molar-refractivity contribution >= 4 is 11.9 Å². The smallest absolute Gasteiger partial charge is 0.306 e. The average Bonchev–Trinajstić information content (AvgIpc) is 1.80. The fraction of sp³-hybridized carbons (Fsp3) is 0.769. The van der Waals surface area contributed by atoms with Crippen molar-refractivity contribution in [3.63, 3.8) is 0 Å². The summed E-state index contributed by atoms with van der Waals surface area (Å²) in [6.07, 6.45) is 77.2. The predicted octanol–water partition coefficient (Wildman–Crippen LogP) is 19.4. The Morgan fingerprint density at radius 1 is 0.449 bits per heavy atom. The third-order valence-corrected chi connectivity index (χ3v) is 17.0. The molecule has 0 bridgehead atoms. The van der Waals surface area contributed by atoms with Gasteiger partial charge in [0.25, 0.3) is 0 Å². The Hall–Kier alpha value is -3.42. The van der Waals surface area contributed by atoms with Crippen LogP contribution >= 0.6 is 0 Å². The second kappa shape index (κ2) is 64.7. The lowest BCUT2D eigenvalue weighted by atomic mass is 9.99. The normalized spacial score (nSPS) is 18.7. The van der Waals surface area contributed by atoms with E-state index in [0.717, 1.165) is 109 Å². The van der Waals surface area contributed by atoms with Crippen LogP contribution in [0.3, 0.4) is 0 Å². The summed E-state index contributed by atoms with van der Waals surface area (Å²) in [7, 11) is 0. The molecule has 1 aliphatic rings. The van der Waals surface area contributed by atoms with Crippen LogP contribution < -0.4 is 5.32 Å². The number of aliphatic hydroxyl groups is 5. The van der Waals surface area contributed by atoms with Gasteiger partial charge in [0.15, 0.2) is 12.4 Å². The Bertz CT molecular complexity index is 1820. The van der Waals surface area contributed by atoms with Crippen molar-refractivity contribution in [1.29, 1.82) is 0 Å². The Balaban J connectivity index is 2.57. The summed E-state index contributed by atoms with van der Waals surface area (Å²) < 4.78 is 17.7. The molecule has 1 aliphatic heterocycles. The van der Waals surface area contributed by atoms with Gasteiger partial charge in [0, 0.05) is 6.42 Å². The molecule has 0 aromatic carbocycles. The topological polar surface area (TPSA) is 175 Å². The molecule has 8 atom stereocenters. The summed E-state index contributed by atoms with van der Waals surface area (Å²) in [6.45, 7) is 5.69. The van der Waals surface area contributed by atoms with E-state index in [1.807, 2.05) is 6.08 Å². The van der Waals surface area contributed by atoms with Crippen molar-refractivity contribution in [1.82, 2.24) is 5.32 Å². The van der Waals surface area contributed by atoms with Crippen LogP contribution in [-0.2, 0) is 23.8 Å². The second-order valence-corrected chi connectivity index (χ2v) is 25.3. The van der Waals surface area contributed by atoms with Crippen LogP contribution in [0.25, 0.3) is 0 Å². The summed E-state index contributed by atoms with van der Waals surface area (Å²) in [5.41, 5.74) is 0. The summed E-state index contributed by atoms with van der Waals surface area (Å²) in [5.74, 6) is -1.20. The average molecular weight is 1250 g/mol. The zero-order valence-electron chi connectivity index (χ0n) is 57.3. The highest BCUT2D eigenvalue weighted by Crippen LogP contribution is 2.26. The lowest BCUT2D eigenvalue weighted by molar-refractivity contribution is -0.305. The van der Waals surface area contributed by atoms with Crippen molar-refractivity contribution in [2.45, 2.75) is 372 Å². The monoisotopic (exact) mass is 1250 g/mol. The third kappa shape index (κ3) is 51.7. The number of esters is 1. The van der Waals surface area contributed by atoms with Gasteiger partial charge in [0.1, 0.15) is 24.4 Å². The molecular formula is C78H137NO10. The van der Waals surface area contributed by atoms with Gasteiger partial charge in [0.2, 0.25) is 5.91 Å². The van der Waals surface area contributed by atoms with Crippen LogP contribution in [0.2, 0.25) is 0 Å². The molecule has 11 nitrogen and oxygen atoms in total. The van der Waals surface area contributed by atoms with Crippen LogP contribution in [0.4, 0.5) is 0 Å². The molecule has 0 aromatic heterocycles. The van der Waals surface area contributed by atoms with Gasteiger partial charge in [-0.05, 0) is 103 Å². The fourth-order valence-corrected chi connectivity index (χ4v) is 11.2. The van der Waals surface area contributed by atoms with Gasteiger partial charge in [-0.2, -0.15) is 0 Å². The lowest BCUT2D eigenvalue weighted by Gasteiger charge is -2.41. The number of aliphatic hydroxyl groups excluding tert-OH is 5. The van der Waals surface area contributed by atoms with E-state index in [-0.39, 0.29) is 19.4 Å². The van der Waals surface area contributed by atoms with E-state index >= 15 is 0 Å². The second-order valence-electron chi connectivity index (χ2n) is 25.3. The molecule has 514 valence electrons. The number of hydrogen-bond acceptors (Lipinski definition) is 10. The molecule has 0 radical (unpaired) electrons. The van der Waals surface area contributed by atoms with Crippen molar-refractivity contribution in [3.05, 3.63) is 97.2 Å². The molecule has 11 heteroatoms. The van der Waals surface area contributed by atoms with Gasteiger partial charge in [-0.15, -0.1) is 0 Å². The van der Waals surface area contributed by atoms with Crippen LogP contribution in [0.15, 0.2) is 97.2 Å². The Labute approximate surface area is 546 Å². The van der Waals surface area contributed by atoms with Gasteiger partial charge in [-0.25, -0.2) is 0 Å². The minimum Gasteiger partial charge on any atom is -0.454 e. The first-order valence-corrected chi connectivity index (χ1v) is 37.0. The zero-order chi connectivity index (χ0) is 64.6. The molecule has 1 amide bonds. The van der Waals surface area contributed by atoms with Gasteiger partial charge < -0.3 is 45.1 Å². The van der Waals surface area contributed by atoms with Crippen LogP contribution in [0.5, 0.6) is 0 Å². The maximum atomic E-state index is 13.5. The van der Waals surface area contributed by atoms with Crippen LogP contribution in [0.1, 0.15) is 323 Å². The van der Waals surface area contributed by atoms with E-state index in [4.69, 9.17) is 14.2 Å². The summed E-state index contributed by atoms with van der Waals surface area (Å²) in [6, 6.07) is -1.03. The highest BCUT2D eigenvalue weighted by molar-refractivity contribution is 5.80. The quantitative estimate of drug-likeness (QED) is 0.0195. The molecule has 0 spiro atoms. The van der Waals surface area contributed by atoms with Gasteiger partial charge in [-0.1, -0.05) is 311 Å². The highest BCUT2D eigenvalue weighted by Gasteiger charge is 2.47. The van der Waals surface area contributed by atoms with Crippen LogP contribution in [-0.4, -0.2) is 99.6 Å². The maximum Gasteiger partial charge on any atom is 0.306 e. The van der Waals surface area contributed by atoms with Crippen molar-refractivity contribution in [2.24, 2.45) is 0 Å². The first-order valence-electron chi connectivity index (χ1n) is 37.0. The third-order valence-electron chi connectivity index (χ3n) is 17.0. The fourth-order valence-electron chi connectivity index (χ4n) is 11.2. The molecule has 1 rings (SSSR count). The largest absolute Gasteiger partial charge is 0.454 e. The standard InChI is InChI=1S/C78H137NO10/c1-4-7-10-13-16-19-22-25-27-29-31-33-35-36-37-39-41-43-45-48-51-54-57-60-63-66-73(83)89-76-75(85)74(84)72(67-80)88-78(76)87-68-69(70(81)64-61-58-55-52-49-46-24-21-18-15-12-9-6-3)79-77(86)71(82)65-62-59-56-53-50-47-44-42-40-38-34-32-30-28-26-23-20-17-14-11-8-5-2/h7,10,16-17,19-20,25-28,31,33,36-37,61,64,69-72,74-76,78,80-82,84-85H,4-6,8-9,11-15,18,21-24,29-30,32,34-35,38-60,62-63,65-68H2,1-3H3,(H,79,86)/b10-7-,19-16-,20-17-,27-25-,28-26-,33-31-,37-36-,64-61+. The Kier molecular flexibility index (Phi) is 60.7. The molecule has 0 aromatic rings. The molecule has 89 heavy (non-hydrogen) atoms. The van der Waals surface area contributed by atoms with Gasteiger partial charge in [0.05, 0.1) is 25.4 Å². The van der Waals surface area contributed by atoms with Gasteiger partial charge in [-0.3, -0.25) is 9.59 Å². The lowest BCUT2D eigenvalue weighted by Crippen LogP contribution is -2.61. The number of rotatable bonds is 63. The highest BCUT2D eigenvalue weighted by atomic mass is 16.7. The number of ether oxygens (including phenoxy) is 3. The first kappa shape index (κ1) is 83.6. The van der Waals surface area contributed by atoms with Crippen molar-refractivity contribution in [2.75, 3.05) is 13.2 Å². The number of amides is 1. The van der Waals surface area contributed by atoms with E-state index in [1.54, 1.807) is 6.08 Å². The molecule has 8 unspecified atom stereocenters. The molecule has 0 aliphatic carbocycles. The molecule has 1 heterocycles. The molecule has 6 N–H and O–H groups in total. The van der Waals surface area contributed by atoms with Crippen molar-refractivity contribution < 1.29 is 49.3 Å². The van der Waals surface area contributed by atoms with E-state index in [9.17, 15) is 35.1 Å². The molecule has 1 saturated heterocycles. The summed E-state index contributed by atoms with van der Waals surface area (Å²) >= 11 is 0. The summed E-state index contributed by atoms with van der Waals surface area (Å²) in [5, 5.41) is 57.4. The van der Waals surface area contributed by atoms with E-state index in [1.165, 1.54) is 167 Å².